The van der Waals surface area contributed by atoms with Crippen molar-refractivity contribution >= 4 is 18.5 Å². The van der Waals surface area contributed by atoms with Crippen molar-refractivity contribution in [2.24, 2.45) is 11.3 Å². The molecule has 27 heavy (non-hydrogen) atoms. The Morgan fingerprint density at radius 2 is 1.52 bits per heavy atom. The van der Waals surface area contributed by atoms with Crippen molar-refractivity contribution in [3.63, 3.8) is 0 Å². The summed E-state index contributed by atoms with van der Waals surface area (Å²) in [6, 6.07) is 26.7. The molecule has 2 heteroatoms. The van der Waals surface area contributed by atoms with Gasteiger partial charge in [-0.2, -0.15) is 0 Å². The molecule has 3 aliphatic carbocycles. The van der Waals surface area contributed by atoms with Crippen molar-refractivity contribution in [2.45, 2.75) is 32.1 Å². The van der Waals surface area contributed by atoms with Crippen LogP contribution in [0.3, 0.4) is 0 Å². The maximum Gasteiger partial charge on any atom is 0.0476 e. The minimum atomic E-state index is -0.382. The van der Waals surface area contributed by atoms with E-state index in [4.69, 9.17) is 4.98 Å². The first kappa shape index (κ1) is 17.1. The van der Waals surface area contributed by atoms with E-state index in [0.717, 1.165) is 5.92 Å². The molecule has 2 bridgehead atoms. The van der Waals surface area contributed by atoms with Gasteiger partial charge in [-0.1, -0.05) is 80.6 Å². The minimum Gasteiger partial charge on any atom is -0.261 e. The Labute approximate surface area is 163 Å². The normalized spacial score (nSPS) is 24.9. The molecule has 0 spiro atoms. The lowest BCUT2D eigenvalue weighted by molar-refractivity contribution is -0.00172. The molecule has 1 saturated carbocycles. The van der Waals surface area contributed by atoms with E-state index in [9.17, 15) is 0 Å². The molecule has 0 radical (unpaired) electrons. The summed E-state index contributed by atoms with van der Waals surface area (Å²) in [5, 5.41) is 2.96. The summed E-state index contributed by atoms with van der Waals surface area (Å²) in [5.74, 6) is 2.01. The second-order valence-electron chi connectivity index (χ2n) is 8.58. The second kappa shape index (κ2) is 6.57. The summed E-state index contributed by atoms with van der Waals surface area (Å²) in [6.07, 6.45) is 4.54. The molecule has 2 aromatic carbocycles. The maximum absolute atomic E-state index is 4.90. The van der Waals surface area contributed by atoms with Gasteiger partial charge in [0.25, 0.3) is 0 Å². The second-order valence-corrected chi connectivity index (χ2v) is 10.8. The van der Waals surface area contributed by atoms with Gasteiger partial charge in [0.2, 0.25) is 0 Å². The number of rotatable bonds is 4. The third-order valence-corrected chi connectivity index (χ3v) is 9.54. The van der Waals surface area contributed by atoms with Crippen LogP contribution in [0.25, 0.3) is 0 Å². The van der Waals surface area contributed by atoms with Gasteiger partial charge < -0.3 is 0 Å². The summed E-state index contributed by atoms with van der Waals surface area (Å²) < 4.78 is 0. The molecule has 3 atom stereocenters. The Morgan fingerprint density at radius 1 is 0.889 bits per heavy atom. The number of benzene rings is 2. The molecule has 0 unspecified atom stereocenters. The quantitative estimate of drug-likeness (QED) is 0.557. The predicted molar refractivity (Wildman–Crippen MR) is 116 cm³/mol. The molecule has 1 aromatic heterocycles. The van der Waals surface area contributed by atoms with Gasteiger partial charge in [-0.25, -0.2) is 0 Å². The van der Waals surface area contributed by atoms with Gasteiger partial charge in [0.05, 0.1) is 0 Å². The molecule has 3 aromatic rings. The van der Waals surface area contributed by atoms with E-state index in [1.165, 1.54) is 34.4 Å². The number of hydrogen-bond donors (Lipinski definition) is 0. The third kappa shape index (κ3) is 2.75. The van der Waals surface area contributed by atoms with E-state index in [-0.39, 0.29) is 7.92 Å². The van der Waals surface area contributed by atoms with Crippen molar-refractivity contribution in [2.75, 3.05) is 6.16 Å². The minimum absolute atomic E-state index is 0.382. The predicted octanol–water partition coefficient (Wildman–Crippen LogP) is 5.44. The van der Waals surface area contributed by atoms with Crippen LogP contribution in [0.15, 0.2) is 79.0 Å². The summed E-state index contributed by atoms with van der Waals surface area (Å²) in [6.45, 7) is 4.95. The van der Waals surface area contributed by atoms with Crippen molar-refractivity contribution in [3.8, 4) is 0 Å². The Morgan fingerprint density at radius 3 is 2.11 bits per heavy atom. The lowest BCUT2D eigenvalue weighted by Crippen LogP contribution is -2.51. The number of hydrogen-bond acceptors (Lipinski definition) is 1. The Hall–Kier alpha value is -1.98. The van der Waals surface area contributed by atoms with Crippen LogP contribution < -0.4 is 10.6 Å². The highest BCUT2D eigenvalue weighted by Crippen LogP contribution is 2.67. The fourth-order valence-electron chi connectivity index (χ4n) is 5.38. The number of aromatic nitrogens is 1. The van der Waals surface area contributed by atoms with Crippen LogP contribution in [-0.2, 0) is 0 Å². The van der Waals surface area contributed by atoms with E-state index in [2.05, 4.69) is 86.6 Å². The van der Waals surface area contributed by atoms with Crippen molar-refractivity contribution in [3.05, 3.63) is 90.3 Å². The summed E-state index contributed by atoms with van der Waals surface area (Å²) in [4.78, 5) is 4.90. The van der Waals surface area contributed by atoms with Gasteiger partial charge in [-0.3, -0.25) is 4.98 Å². The summed E-state index contributed by atoms with van der Waals surface area (Å²) in [5.41, 5.74) is 3.30. The van der Waals surface area contributed by atoms with Crippen LogP contribution in [0, 0.1) is 11.3 Å². The van der Waals surface area contributed by atoms with Gasteiger partial charge >= 0.3 is 0 Å². The first-order valence-corrected chi connectivity index (χ1v) is 11.5. The standard InChI is InChI=1S/C25H26NP/c1-25(2)22-16-23(25)21(24-20(22)14-9-15-26-24)17-27(18-10-5-3-6-11-18)19-12-7-4-8-13-19/h3-15,21-23H,16-17H2,1-2H3/t21-,22-,23+/m1/s1. The zero-order valence-corrected chi connectivity index (χ0v) is 16.9. The molecule has 1 nitrogen and oxygen atoms in total. The molecule has 0 N–H and O–H groups in total. The van der Waals surface area contributed by atoms with E-state index >= 15 is 0 Å². The van der Waals surface area contributed by atoms with E-state index in [1.54, 1.807) is 0 Å². The molecular weight excluding hydrogens is 345 g/mol. The Balaban J connectivity index is 1.57. The zero-order valence-electron chi connectivity index (χ0n) is 16.0. The van der Waals surface area contributed by atoms with Crippen LogP contribution >= 0.6 is 7.92 Å². The fourth-order valence-corrected chi connectivity index (χ4v) is 7.99. The summed E-state index contributed by atoms with van der Waals surface area (Å²) in [7, 11) is -0.382. The highest BCUT2D eigenvalue weighted by molar-refractivity contribution is 7.73. The number of nitrogens with zero attached hydrogens (tertiary/aromatic N) is 1. The SMILES string of the molecule is CC1(C)[C@@H]2C[C@H]1[C@@H](CP(c1ccccc1)c1ccccc1)c1ncccc12. The average Bonchev–Trinajstić information content (AvgIpc) is 2.72. The van der Waals surface area contributed by atoms with Gasteiger partial charge in [-0.15, -0.1) is 0 Å². The topological polar surface area (TPSA) is 12.9 Å². The van der Waals surface area contributed by atoms with Crippen molar-refractivity contribution in [1.29, 1.82) is 0 Å². The van der Waals surface area contributed by atoms with Gasteiger partial charge in [0.15, 0.2) is 0 Å². The lowest BCUT2D eigenvalue weighted by Gasteiger charge is -2.60. The largest absolute Gasteiger partial charge is 0.261 e. The third-order valence-electron chi connectivity index (χ3n) is 6.94. The van der Waals surface area contributed by atoms with E-state index in [0.29, 0.717) is 17.3 Å². The fraction of sp³-hybridized carbons (Fsp3) is 0.320. The molecule has 3 aliphatic rings. The maximum atomic E-state index is 4.90. The molecule has 1 fully saturated rings. The van der Waals surface area contributed by atoms with Crippen molar-refractivity contribution < 1.29 is 0 Å². The van der Waals surface area contributed by atoms with Crippen LogP contribution in [0.4, 0.5) is 0 Å². The van der Waals surface area contributed by atoms with Gasteiger partial charge in [-0.05, 0) is 60.0 Å². The van der Waals surface area contributed by atoms with Gasteiger partial charge in [0.1, 0.15) is 0 Å². The van der Waals surface area contributed by atoms with Gasteiger partial charge in [0, 0.05) is 17.8 Å². The molecule has 1 heterocycles. The average molecular weight is 371 g/mol. The first-order valence-electron chi connectivity index (χ1n) is 9.98. The van der Waals surface area contributed by atoms with Crippen molar-refractivity contribution in [1.82, 2.24) is 4.98 Å². The molecule has 0 amide bonds. The molecule has 136 valence electrons. The molecule has 6 rings (SSSR count). The van der Waals surface area contributed by atoms with Crippen LogP contribution in [0.1, 0.15) is 43.4 Å². The zero-order chi connectivity index (χ0) is 18.4. The van der Waals surface area contributed by atoms with Crippen LogP contribution in [-0.4, -0.2) is 11.1 Å². The number of pyridine rings is 1. The molecular formula is C25H26NP. The van der Waals surface area contributed by atoms with Crippen LogP contribution in [0.2, 0.25) is 0 Å². The first-order chi connectivity index (χ1) is 13.2. The van der Waals surface area contributed by atoms with E-state index in [1.807, 2.05) is 6.20 Å². The smallest absolute Gasteiger partial charge is 0.0476 e. The Bertz CT molecular complexity index is 895. The highest BCUT2D eigenvalue weighted by Gasteiger charge is 2.57. The summed E-state index contributed by atoms with van der Waals surface area (Å²) >= 11 is 0. The monoisotopic (exact) mass is 371 g/mol. The lowest BCUT2D eigenvalue weighted by atomic mass is 9.45. The molecule has 0 aliphatic heterocycles. The molecule has 0 saturated heterocycles. The van der Waals surface area contributed by atoms with Crippen LogP contribution in [0.5, 0.6) is 0 Å². The highest BCUT2D eigenvalue weighted by atomic mass is 31.1. The Kier molecular flexibility index (Phi) is 4.17. The van der Waals surface area contributed by atoms with E-state index < -0.39 is 0 Å².